The highest BCUT2D eigenvalue weighted by Crippen LogP contribution is 2.27. The monoisotopic (exact) mass is 351 g/mol. The molecule has 0 saturated carbocycles. The Balaban J connectivity index is 1.83. The third-order valence-electron chi connectivity index (χ3n) is 3.80. The van der Waals surface area contributed by atoms with Gasteiger partial charge < -0.3 is 5.32 Å². The molecule has 1 saturated heterocycles. The number of nitrogens with one attached hydrogen (secondary N) is 1. The number of carbonyl (C=O) groups is 1. The number of hydrogen-bond acceptors (Lipinski definition) is 5. The van der Waals surface area contributed by atoms with E-state index in [0.29, 0.717) is 24.5 Å². The van der Waals surface area contributed by atoms with Crippen LogP contribution < -0.4 is 5.32 Å². The summed E-state index contributed by atoms with van der Waals surface area (Å²) >= 11 is 1.31. The van der Waals surface area contributed by atoms with E-state index in [9.17, 15) is 13.2 Å². The number of benzene rings is 1. The third kappa shape index (κ3) is 3.29. The Labute approximate surface area is 139 Å². The average molecular weight is 351 g/mol. The number of sulfonamides is 1. The Kier molecular flexibility index (Phi) is 4.47. The van der Waals surface area contributed by atoms with Gasteiger partial charge in [0.2, 0.25) is 15.9 Å². The van der Waals surface area contributed by atoms with E-state index >= 15 is 0 Å². The smallest absolute Gasteiger partial charge is 0.244 e. The van der Waals surface area contributed by atoms with Crippen molar-refractivity contribution in [3.8, 4) is 0 Å². The van der Waals surface area contributed by atoms with E-state index in [1.54, 1.807) is 35.8 Å². The van der Waals surface area contributed by atoms with Gasteiger partial charge in [-0.2, -0.15) is 4.31 Å². The predicted molar refractivity (Wildman–Crippen MR) is 88.8 cm³/mol. The summed E-state index contributed by atoms with van der Waals surface area (Å²) in [4.78, 5) is 16.6. The largest absolute Gasteiger partial charge is 0.301 e. The lowest BCUT2D eigenvalue weighted by molar-refractivity contribution is -0.119. The summed E-state index contributed by atoms with van der Waals surface area (Å²) in [6.45, 7) is 2.25. The molecule has 0 aliphatic carbocycles. The number of carbonyl (C=O) groups excluding carboxylic acids is 1. The Morgan fingerprint density at radius 3 is 2.74 bits per heavy atom. The van der Waals surface area contributed by atoms with Crippen molar-refractivity contribution >= 4 is 32.4 Å². The molecule has 1 aliphatic heterocycles. The predicted octanol–water partition coefficient (Wildman–Crippen LogP) is 2.24. The fraction of sp³-hybridized carbons (Fsp3) is 0.333. The molecule has 1 fully saturated rings. The van der Waals surface area contributed by atoms with Crippen LogP contribution in [-0.2, 0) is 14.8 Å². The van der Waals surface area contributed by atoms with Crippen molar-refractivity contribution in [2.45, 2.75) is 30.7 Å². The molecule has 6 nitrogen and oxygen atoms in total. The van der Waals surface area contributed by atoms with Gasteiger partial charge in [-0.1, -0.05) is 17.7 Å². The summed E-state index contributed by atoms with van der Waals surface area (Å²) in [6.07, 6.45) is 2.78. The van der Waals surface area contributed by atoms with Crippen LogP contribution in [0.1, 0.15) is 18.4 Å². The molecule has 1 aromatic heterocycles. The van der Waals surface area contributed by atoms with E-state index in [0.717, 1.165) is 5.56 Å². The maximum atomic E-state index is 12.8. The van der Waals surface area contributed by atoms with E-state index in [-0.39, 0.29) is 10.8 Å². The standard InChI is InChI=1S/C15H17N3O3S2/c1-11-4-6-12(7-5-11)23(20,21)18-9-2-3-13(18)14(19)17-15-16-8-10-22-15/h4-8,10,13H,2-3,9H2,1H3,(H,16,17,19)/t13-/m1/s1. The fourth-order valence-electron chi connectivity index (χ4n) is 2.61. The van der Waals surface area contributed by atoms with Crippen molar-refractivity contribution in [3.05, 3.63) is 41.4 Å². The van der Waals surface area contributed by atoms with Crippen LogP contribution in [0.2, 0.25) is 0 Å². The molecule has 0 unspecified atom stereocenters. The number of thiazole rings is 1. The fourth-order valence-corrected chi connectivity index (χ4v) is 4.80. The number of aromatic nitrogens is 1. The van der Waals surface area contributed by atoms with Gasteiger partial charge in [0.25, 0.3) is 0 Å². The Morgan fingerprint density at radius 2 is 2.09 bits per heavy atom. The molecule has 1 atom stereocenters. The van der Waals surface area contributed by atoms with Crippen molar-refractivity contribution in [1.29, 1.82) is 0 Å². The first-order chi connectivity index (χ1) is 11.0. The second kappa shape index (κ2) is 6.38. The van der Waals surface area contributed by atoms with Crippen LogP contribution in [-0.4, -0.2) is 36.2 Å². The Hall–Kier alpha value is -1.77. The average Bonchev–Trinajstić information content (AvgIpc) is 3.19. The zero-order valence-electron chi connectivity index (χ0n) is 12.6. The molecule has 0 spiro atoms. The van der Waals surface area contributed by atoms with Crippen LogP contribution in [0.4, 0.5) is 5.13 Å². The van der Waals surface area contributed by atoms with E-state index in [4.69, 9.17) is 0 Å². The molecule has 0 bridgehead atoms. The number of hydrogen-bond donors (Lipinski definition) is 1. The van der Waals surface area contributed by atoms with Gasteiger partial charge in [0.15, 0.2) is 5.13 Å². The lowest BCUT2D eigenvalue weighted by atomic mass is 10.2. The molecule has 8 heteroatoms. The van der Waals surface area contributed by atoms with Crippen LogP contribution in [0, 0.1) is 6.92 Å². The molecule has 1 N–H and O–H groups in total. The minimum Gasteiger partial charge on any atom is -0.301 e. The van der Waals surface area contributed by atoms with Gasteiger partial charge in [0, 0.05) is 18.1 Å². The van der Waals surface area contributed by atoms with Crippen LogP contribution >= 0.6 is 11.3 Å². The lowest BCUT2D eigenvalue weighted by Crippen LogP contribution is -2.43. The summed E-state index contributed by atoms with van der Waals surface area (Å²) in [5.74, 6) is -0.326. The van der Waals surface area contributed by atoms with Gasteiger partial charge in [0.05, 0.1) is 4.90 Å². The normalized spacial score (nSPS) is 18.9. The molecule has 23 heavy (non-hydrogen) atoms. The van der Waals surface area contributed by atoms with Gasteiger partial charge in [0.1, 0.15) is 6.04 Å². The highest BCUT2D eigenvalue weighted by molar-refractivity contribution is 7.89. The molecular formula is C15H17N3O3S2. The summed E-state index contributed by atoms with van der Waals surface area (Å²) < 4.78 is 26.9. The van der Waals surface area contributed by atoms with E-state index < -0.39 is 16.1 Å². The molecule has 2 heterocycles. The molecule has 2 aromatic rings. The number of aryl methyl sites for hydroxylation is 1. The zero-order chi connectivity index (χ0) is 16.4. The minimum atomic E-state index is -3.67. The van der Waals surface area contributed by atoms with Crippen LogP contribution in [0.15, 0.2) is 40.7 Å². The maximum absolute atomic E-state index is 12.8. The minimum absolute atomic E-state index is 0.219. The van der Waals surface area contributed by atoms with Crippen molar-refractivity contribution in [1.82, 2.24) is 9.29 Å². The second-order valence-electron chi connectivity index (χ2n) is 5.41. The van der Waals surface area contributed by atoms with Gasteiger partial charge in [-0.15, -0.1) is 11.3 Å². The van der Waals surface area contributed by atoms with E-state index in [1.807, 2.05) is 6.92 Å². The Morgan fingerprint density at radius 1 is 1.35 bits per heavy atom. The highest BCUT2D eigenvalue weighted by Gasteiger charge is 2.39. The zero-order valence-corrected chi connectivity index (χ0v) is 14.2. The van der Waals surface area contributed by atoms with Crippen LogP contribution in [0.5, 0.6) is 0 Å². The van der Waals surface area contributed by atoms with Crippen molar-refractivity contribution in [2.24, 2.45) is 0 Å². The molecule has 1 aliphatic rings. The summed E-state index contributed by atoms with van der Waals surface area (Å²) in [5, 5.41) is 4.92. The SMILES string of the molecule is Cc1ccc(S(=O)(=O)N2CCC[C@@H]2C(=O)Nc2nccs2)cc1. The van der Waals surface area contributed by atoms with Crippen molar-refractivity contribution in [2.75, 3.05) is 11.9 Å². The molecule has 122 valence electrons. The molecule has 0 radical (unpaired) electrons. The number of amides is 1. The highest BCUT2D eigenvalue weighted by atomic mass is 32.2. The Bertz CT molecular complexity index is 786. The van der Waals surface area contributed by atoms with Crippen molar-refractivity contribution < 1.29 is 13.2 Å². The summed E-state index contributed by atoms with van der Waals surface area (Å²) in [6, 6.07) is 5.99. The van der Waals surface area contributed by atoms with Crippen LogP contribution in [0.25, 0.3) is 0 Å². The maximum Gasteiger partial charge on any atom is 0.244 e. The number of nitrogens with zero attached hydrogens (tertiary/aromatic N) is 2. The first-order valence-corrected chi connectivity index (χ1v) is 9.59. The topological polar surface area (TPSA) is 79.4 Å². The van der Waals surface area contributed by atoms with Gasteiger partial charge in [-0.3, -0.25) is 4.79 Å². The first-order valence-electron chi connectivity index (χ1n) is 7.27. The van der Waals surface area contributed by atoms with Gasteiger partial charge >= 0.3 is 0 Å². The number of anilines is 1. The van der Waals surface area contributed by atoms with E-state index in [1.165, 1.54) is 15.6 Å². The second-order valence-corrected chi connectivity index (χ2v) is 8.20. The molecule has 1 amide bonds. The quantitative estimate of drug-likeness (QED) is 0.916. The summed E-state index contributed by atoms with van der Waals surface area (Å²) in [5.41, 5.74) is 0.989. The van der Waals surface area contributed by atoms with Gasteiger partial charge in [-0.05, 0) is 31.9 Å². The van der Waals surface area contributed by atoms with Gasteiger partial charge in [-0.25, -0.2) is 13.4 Å². The van der Waals surface area contributed by atoms with Crippen molar-refractivity contribution in [3.63, 3.8) is 0 Å². The first kappa shape index (κ1) is 16.1. The summed E-state index contributed by atoms with van der Waals surface area (Å²) in [7, 11) is -3.67. The molecular weight excluding hydrogens is 334 g/mol. The molecule has 3 rings (SSSR count). The third-order valence-corrected chi connectivity index (χ3v) is 6.41. The lowest BCUT2D eigenvalue weighted by Gasteiger charge is -2.23. The van der Waals surface area contributed by atoms with Crippen LogP contribution in [0.3, 0.4) is 0 Å². The molecule has 1 aromatic carbocycles. The number of rotatable bonds is 4. The van der Waals surface area contributed by atoms with E-state index in [2.05, 4.69) is 10.3 Å².